The van der Waals surface area contributed by atoms with Crippen LogP contribution in [0.1, 0.15) is 35.3 Å². The van der Waals surface area contributed by atoms with E-state index in [1.165, 1.54) is 18.2 Å². The van der Waals surface area contributed by atoms with E-state index in [9.17, 15) is 25.0 Å². The Hall–Kier alpha value is -4.71. The molecule has 0 aliphatic carbocycles. The molecule has 3 aromatic carbocycles. The third kappa shape index (κ3) is 5.62. The number of nitrogens with zero attached hydrogens (tertiary/aromatic N) is 3. The zero-order valence-corrected chi connectivity index (χ0v) is 19.3. The van der Waals surface area contributed by atoms with Crippen molar-refractivity contribution in [2.45, 2.75) is 20.4 Å². The van der Waals surface area contributed by atoms with Gasteiger partial charge in [-0.15, -0.1) is 0 Å². The van der Waals surface area contributed by atoms with E-state index in [0.717, 1.165) is 16.0 Å². The van der Waals surface area contributed by atoms with Crippen LogP contribution in [-0.4, -0.2) is 30.2 Å². The molecule has 0 N–H and O–H groups in total. The van der Waals surface area contributed by atoms with Gasteiger partial charge in [0.1, 0.15) is 5.69 Å². The Morgan fingerprint density at radius 3 is 2.29 bits per heavy atom. The van der Waals surface area contributed by atoms with Gasteiger partial charge in [0.15, 0.2) is 0 Å². The fourth-order valence-corrected chi connectivity index (χ4v) is 3.58. The van der Waals surface area contributed by atoms with E-state index < -0.39 is 22.7 Å². The van der Waals surface area contributed by atoms with Gasteiger partial charge in [0.25, 0.3) is 5.69 Å². The highest BCUT2D eigenvalue weighted by molar-refractivity contribution is 6.03. The van der Waals surface area contributed by atoms with E-state index in [1.54, 1.807) is 50.2 Å². The van der Waals surface area contributed by atoms with Gasteiger partial charge >= 0.3 is 12.1 Å². The van der Waals surface area contributed by atoms with Crippen molar-refractivity contribution in [1.29, 1.82) is 5.26 Å². The van der Waals surface area contributed by atoms with Gasteiger partial charge in [0.2, 0.25) is 0 Å². The van der Waals surface area contributed by atoms with E-state index in [2.05, 4.69) is 6.07 Å². The fourth-order valence-electron chi connectivity index (χ4n) is 3.58. The Balaban J connectivity index is 2.06. The number of hydrogen-bond acceptors (Lipinski definition) is 7. The predicted octanol–water partition coefficient (Wildman–Crippen LogP) is 5.47. The summed E-state index contributed by atoms with van der Waals surface area (Å²) >= 11 is 0. The van der Waals surface area contributed by atoms with Crippen LogP contribution in [0.4, 0.5) is 16.2 Å². The summed E-state index contributed by atoms with van der Waals surface area (Å²) in [7, 11) is 0. The van der Waals surface area contributed by atoms with Crippen molar-refractivity contribution >= 4 is 23.4 Å². The molecule has 9 nitrogen and oxygen atoms in total. The highest BCUT2D eigenvalue weighted by Gasteiger charge is 2.31. The highest BCUT2D eigenvalue weighted by atomic mass is 16.6. The maximum Gasteiger partial charge on any atom is 0.414 e. The maximum absolute atomic E-state index is 12.9. The summed E-state index contributed by atoms with van der Waals surface area (Å²) in [4.78, 5) is 37.7. The van der Waals surface area contributed by atoms with Crippen molar-refractivity contribution in [2.75, 3.05) is 18.1 Å². The molecular formula is C26H23N3O6. The lowest BCUT2D eigenvalue weighted by atomic mass is 9.99. The molecule has 0 aliphatic rings. The first-order chi connectivity index (χ1) is 16.9. The van der Waals surface area contributed by atoms with Gasteiger partial charge in [-0.3, -0.25) is 15.0 Å². The molecule has 0 bridgehead atoms. The minimum atomic E-state index is -0.841. The average Bonchev–Trinajstić information content (AvgIpc) is 2.87. The Morgan fingerprint density at radius 1 is 0.971 bits per heavy atom. The van der Waals surface area contributed by atoms with E-state index in [0.29, 0.717) is 11.1 Å². The van der Waals surface area contributed by atoms with Crippen molar-refractivity contribution in [3.05, 3.63) is 93.5 Å². The van der Waals surface area contributed by atoms with Gasteiger partial charge < -0.3 is 9.47 Å². The largest absolute Gasteiger partial charge is 0.462 e. The third-order valence-corrected chi connectivity index (χ3v) is 5.12. The summed E-state index contributed by atoms with van der Waals surface area (Å²) in [6.45, 7) is 3.23. The smallest absolute Gasteiger partial charge is 0.414 e. The predicted molar refractivity (Wildman–Crippen MR) is 129 cm³/mol. The molecule has 0 radical (unpaired) electrons. The summed E-state index contributed by atoms with van der Waals surface area (Å²) in [6.07, 6.45) is -0.841. The van der Waals surface area contributed by atoms with Crippen molar-refractivity contribution in [1.82, 2.24) is 0 Å². The maximum atomic E-state index is 12.9. The first-order valence-electron chi connectivity index (χ1n) is 10.9. The number of esters is 1. The lowest BCUT2D eigenvalue weighted by Crippen LogP contribution is -2.33. The molecule has 0 spiro atoms. The minimum absolute atomic E-state index is 0.0363. The van der Waals surface area contributed by atoms with E-state index >= 15 is 0 Å². The lowest BCUT2D eigenvalue weighted by Gasteiger charge is -2.24. The van der Waals surface area contributed by atoms with Crippen molar-refractivity contribution < 1.29 is 24.0 Å². The molecule has 178 valence electrons. The second-order valence-corrected chi connectivity index (χ2v) is 7.29. The monoisotopic (exact) mass is 473 g/mol. The van der Waals surface area contributed by atoms with E-state index in [1.807, 2.05) is 12.1 Å². The molecule has 9 heteroatoms. The first-order valence-corrected chi connectivity index (χ1v) is 10.9. The molecule has 0 unspecified atom stereocenters. The van der Waals surface area contributed by atoms with Crippen LogP contribution in [0.5, 0.6) is 0 Å². The molecule has 0 aliphatic heterocycles. The number of anilines is 1. The zero-order chi connectivity index (χ0) is 25.4. The first kappa shape index (κ1) is 24.9. The molecule has 3 aromatic rings. The number of hydrogen-bond donors (Lipinski definition) is 0. The standard InChI is InChI=1S/C26H23N3O6/c1-3-34-25(30)22-10-7-11-23(29(32)33)24(22)28(26(31)35-4-2)17-18-12-14-19(15-13-18)21-9-6-5-8-20(21)16-27/h5-15H,3-4,17H2,1-2H3. The molecule has 0 saturated carbocycles. The van der Waals surface area contributed by atoms with Crippen LogP contribution in [0.3, 0.4) is 0 Å². The van der Waals surface area contributed by atoms with Gasteiger partial charge in [-0.25, -0.2) is 9.59 Å². The molecular weight excluding hydrogens is 450 g/mol. The number of nitro groups is 1. The molecule has 0 fully saturated rings. The fraction of sp³-hybridized carbons (Fsp3) is 0.192. The average molecular weight is 473 g/mol. The van der Waals surface area contributed by atoms with Crippen LogP contribution in [0.2, 0.25) is 0 Å². The number of nitriles is 1. The number of carbonyl (C=O) groups excluding carboxylic acids is 2. The Kier molecular flexibility index (Phi) is 8.14. The van der Waals surface area contributed by atoms with E-state index in [-0.39, 0.29) is 31.0 Å². The van der Waals surface area contributed by atoms with Crippen LogP contribution < -0.4 is 4.90 Å². The molecule has 1 amide bonds. The van der Waals surface area contributed by atoms with Gasteiger partial charge in [-0.05, 0) is 42.7 Å². The van der Waals surface area contributed by atoms with E-state index in [4.69, 9.17) is 9.47 Å². The molecule has 0 saturated heterocycles. The number of nitro benzene ring substituents is 1. The van der Waals surface area contributed by atoms with Gasteiger partial charge in [-0.1, -0.05) is 48.5 Å². The summed E-state index contributed by atoms with van der Waals surface area (Å²) in [5.41, 5.74) is 1.96. The summed E-state index contributed by atoms with van der Waals surface area (Å²) in [5, 5.41) is 21.2. The van der Waals surface area contributed by atoms with Crippen LogP contribution in [-0.2, 0) is 16.0 Å². The second-order valence-electron chi connectivity index (χ2n) is 7.29. The number of benzene rings is 3. The van der Waals surface area contributed by atoms with Gasteiger partial charge in [-0.2, -0.15) is 5.26 Å². The van der Waals surface area contributed by atoms with Crippen LogP contribution in [0, 0.1) is 21.4 Å². The molecule has 35 heavy (non-hydrogen) atoms. The minimum Gasteiger partial charge on any atom is -0.462 e. The Morgan fingerprint density at radius 2 is 1.66 bits per heavy atom. The normalized spacial score (nSPS) is 10.2. The van der Waals surface area contributed by atoms with Crippen LogP contribution >= 0.6 is 0 Å². The van der Waals surface area contributed by atoms with Gasteiger partial charge in [0.05, 0.1) is 41.9 Å². The van der Waals surface area contributed by atoms with Crippen molar-refractivity contribution in [3.8, 4) is 17.2 Å². The highest BCUT2D eigenvalue weighted by Crippen LogP contribution is 2.35. The summed E-state index contributed by atoms with van der Waals surface area (Å²) in [5.74, 6) is -0.788. The lowest BCUT2D eigenvalue weighted by molar-refractivity contribution is -0.384. The van der Waals surface area contributed by atoms with Crippen molar-refractivity contribution in [3.63, 3.8) is 0 Å². The van der Waals surface area contributed by atoms with Gasteiger partial charge in [0, 0.05) is 6.07 Å². The number of carbonyl (C=O) groups is 2. The number of ether oxygens (including phenoxy) is 2. The molecule has 0 heterocycles. The SMILES string of the molecule is CCOC(=O)c1cccc([N+](=O)[O-])c1N(Cc1ccc(-c2ccccc2C#N)cc1)C(=O)OCC. The summed E-state index contributed by atoms with van der Waals surface area (Å²) < 4.78 is 10.2. The number of rotatable bonds is 8. The molecule has 0 atom stereocenters. The second kappa shape index (κ2) is 11.4. The zero-order valence-electron chi connectivity index (χ0n) is 19.3. The quantitative estimate of drug-likeness (QED) is 0.241. The Labute approximate surface area is 202 Å². The Bertz CT molecular complexity index is 1280. The third-order valence-electron chi connectivity index (χ3n) is 5.12. The van der Waals surface area contributed by atoms with Crippen LogP contribution in [0.15, 0.2) is 66.7 Å². The number of para-hydroxylation sites is 1. The number of amides is 1. The topological polar surface area (TPSA) is 123 Å². The summed E-state index contributed by atoms with van der Waals surface area (Å²) in [6, 6.07) is 20.3. The molecule has 0 aromatic heterocycles. The van der Waals surface area contributed by atoms with Crippen molar-refractivity contribution in [2.24, 2.45) is 0 Å². The molecule has 3 rings (SSSR count). The van der Waals surface area contributed by atoms with Crippen LogP contribution in [0.25, 0.3) is 11.1 Å².